The predicted molar refractivity (Wildman–Crippen MR) is 97.7 cm³/mol. The number of fused-ring (bicyclic) bond motifs is 1. The van der Waals surface area contributed by atoms with Crippen molar-refractivity contribution in [3.8, 4) is 11.4 Å². The molecule has 0 unspecified atom stereocenters. The van der Waals surface area contributed by atoms with Crippen molar-refractivity contribution in [2.45, 2.75) is 31.7 Å². The van der Waals surface area contributed by atoms with Crippen LogP contribution in [0.1, 0.15) is 37.6 Å². The summed E-state index contributed by atoms with van der Waals surface area (Å²) in [4.78, 5) is 17.6. The monoisotopic (exact) mass is 351 g/mol. The number of carbonyl (C=O) groups is 1. The lowest BCUT2D eigenvalue weighted by Gasteiger charge is -2.20. The molecule has 2 aromatic carbocycles. The molecule has 1 aliphatic rings. The SMILES string of the molecule is O=C(O)CCCN1CCC[C@H]1c1nc(-c2ccc3ccccc3c2)no1. The Bertz CT molecular complexity index is 921. The van der Waals surface area contributed by atoms with E-state index >= 15 is 0 Å². The summed E-state index contributed by atoms with van der Waals surface area (Å²) in [5, 5.41) is 15.3. The molecule has 0 amide bonds. The zero-order chi connectivity index (χ0) is 17.9. The fourth-order valence-electron chi connectivity index (χ4n) is 3.62. The van der Waals surface area contributed by atoms with Crippen molar-refractivity contribution in [2.75, 3.05) is 13.1 Å². The van der Waals surface area contributed by atoms with Gasteiger partial charge in [0, 0.05) is 12.0 Å². The molecule has 1 aliphatic heterocycles. The maximum Gasteiger partial charge on any atom is 0.303 e. The van der Waals surface area contributed by atoms with Crippen molar-refractivity contribution in [1.29, 1.82) is 0 Å². The van der Waals surface area contributed by atoms with Gasteiger partial charge in [-0.25, -0.2) is 0 Å². The van der Waals surface area contributed by atoms with Crippen molar-refractivity contribution >= 4 is 16.7 Å². The van der Waals surface area contributed by atoms with Gasteiger partial charge in [-0.2, -0.15) is 4.98 Å². The highest BCUT2D eigenvalue weighted by atomic mass is 16.5. The second-order valence-corrected chi connectivity index (χ2v) is 6.71. The Balaban J connectivity index is 1.52. The molecule has 6 nitrogen and oxygen atoms in total. The topological polar surface area (TPSA) is 79.5 Å². The van der Waals surface area contributed by atoms with Crippen LogP contribution in [0.2, 0.25) is 0 Å². The standard InChI is InChI=1S/C20H21N3O3/c24-18(25)8-4-12-23-11-3-7-17(23)20-21-19(22-26-20)16-10-9-14-5-1-2-6-15(14)13-16/h1-2,5-6,9-10,13,17H,3-4,7-8,11-12H2,(H,24,25)/t17-/m0/s1. The number of hydrogen-bond acceptors (Lipinski definition) is 5. The van der Waals surface area contributed by atoms with Crippen LogP contribution in [0.4, 0.5) is 0 Å². The van der Waals surface area contributed by atoms with Gasteiger partial charge >= 0.3 is 5.97 Å². The number of aromatic nitrogens is 2. The van der Waals surface area contributed by atoms with Crippen molar-refractivity contribution < 1.29 is 14.4 Å². The number of carboxylic acids is 1. The minimum absolute atomic E-state index is 0.0884. The molecule has 1 aromatic heterocycles. The van der Waals surface area contributed by atoms with Crippen LogP contribution in [-0.4, -0.2) is 39.2 Å². The normalized spacial score (nSPS) is 17.8. The van der Waals surface area contributed by atoms with Gasteiger partial charge < -0.3 is 9.63 Å². The summed E-state index contributed by atoms with van der Waals surface area (Å²) in [5.41, 5.74) is 0.939. The summed E-state index contributed by atoms with van der Waals surface area (Å²) in [6.07, 6.45) is 2.85. The number of hydrogen-bond donors (Lipinski definition) is 1. The van der Waals surface area contributed by atoms with E-state index in [0.717, 1.165) is 36.9 Å². The lowest BCUT2D eigenvalue weighted by atomic mass is 10.1. The van der Waals surface area contributed by atoms with E-state index in [1.54, 1.807) is 0 Å². The third kappa shape index (κ3) is 3.46. The van der Waals surface area contributed by atoms with E-state index in [4.69, 9.17) is 9.63 Å². The van der Waals surface area contributed by atoms with Gasteiger partial charge in [-0.05, 0) is 49.2 Å². The molecule has 3 aromatic rings. The smallest absolute Gasteiger partial charge is 0.303 e. The van der Waals surface area contributed by atoms with Gasteiger partial charge in [-0.3, -0.25) is 9.69 Å². The molecule has 1 N–H and O–H groups in total. The van der Waals surface area contributed by atoms with Crippen LogP contribution >= 0.6 is 0 Å². The molecule has 6 heteroatoms. The van der Waals surface area contributed by atoms with Gasteiger partial charge in [0.05, 0.1) is 6.04 Å². The second kappa shape index (κ2) is 7.25. The zero-order valence-corrected chi connectivity index (χ0v) is 14.5. The Hall–Kier alpha value is -2.73. The van der Waals surface area contributed by atoms with E-state index in [-0.39, 0.29) is 12.5 Å². The minimum Gasteiger partial charge on any atom is -0.481 e. The van der Waals surface area contributed by atoms with Gasteiger partial charge in [0.25, 0.3) is 0 Å². The average molecular weight is 351 g/mol. The second-order valence-electron chi connectivity index (χ2n) is 6.71. The quantitative estimate of drug-likeness (QED) is 0.726. The number of carboxylic acid groups (broad SMARTS) is 1. The summed E-state index contributed by atoms with van der Waals surface area (Å²) < 4.78 is 5.55. The van der Waals surface area contributed by atoms with Crippen LogP contribution in [0.15, 0.2) is 47.0 Å². The van der Waals surface area contributed by atoms with Gasteiger partial charge in [0.2, 0.25) is 11.7 Å². The summed E-state index contributed by atoms with van der Waals surface area (Å²) in [6.45, 7) is 1.68. The summed E-state index contributed by atoms with van der Waals surface area (Å²) in [5.74, 6) is 0.473. The number of likely N-dealkylation sites (tertiary alicyclic amines) is 1. The maximum atomic E-state index is 10.7. The fourth-order valence-corrected chi connectivity index (χ4v) is 3.62. The third-order valence-electron chi connectivity index (χ3n) is 4.93. The molecule has 0 radical (unpaired) electrons. The molecule has 1 atom stereocenters. The molecule has 0 spiro atoms. The molecular weight excluding hydrogens is 330 g/mol. The number of rotatable bonds is 6. The Morgan fingerprint density at radius 2 is 2.08 bits per heavy atom. The van der Waals surface area contributed by atoms with Gasteiger partial charge in [-0.1, -0.05) is 41.6 Å². The molecule has 1 saturated heterocycles. The Morgan fingerprint density at radius 3 is 2.92 bits per heavy atom. The lowest BCUT2D eigenvalue weighted by molar-refractivity contribution is -0.137. The third-order valence-corrected chi connectivity index (χ3v) is 4.93. The first-order valence-electron chi connectivity index (χ1n) is 8.99. The largest absolute Gasteiger partial charge is 0.481 e. The molecule has 4 rings (SSSR count). The maximum absolute atomic E-state index is 10.7. The predicted octanol–water partition coefficient (Wildman–Crippen LogP) is 3.89. The van der Waals surface area contributed by atoms with E-state index in [9.17, 15) is 4.79 Å². The van der Waals surface area contributed by atoms with Crippen molar-refractivity contribution in [3.05, 3.63) is 48.4 Å². The summed E-state index contributed by atoms with van der Waals surface area (Å²) >= 11 is 0. The van der Waals surface area contributed by atoms with Crippen LogP contribution in [-0.2, 0) is 4.79 Å². The highest BCUT2D eigenvalue weighted by molar-refractivity contribution is 5.86. The molecule has 2 heterocycles. The first kappa shape index (κ1) is 16.7. The van der Waals surface area contributed by atoms with Gasteiger partial charge in [-0.15, -0.1) is 0 Å². The van der Waals surface area contributed by atoms with Crippen molar-refractivity contribution in [1.82, 2.24) is 15.0 Å². The average Bonchev–Trinajstić information content (AvgIpc) is 3.30. The van der Waals surface area contributed by atoms with Gasteiger partial charge in [0.1, 0.15) is 0 Å². The number of aliphatic carboxylic acids is 1. The summed E-state index contributed by atoms with van der Waals surface area (Å²) in [6, 6.07) is 14.4. The first-order valence-corrected chi connectivity index (χ1v) is 8.99. The molecule has 0 aliphatic carbocycles. The summed E-state index contributed by atoms with van der Waals surface area (Å²) in [7, 11) is 0. The van der Waals surface area contributed by atoms with Gasteiger partial charge in [0.15, 0.2) is 0 Å². The Kier molecular flexibility index (Phi) is 4.67. The molecular formula is C20H21N3O3. The number of nitrogens with zero attached hydrogens (tertiary/aromatic N) is 3. The van der Waals surface area contributed by atoms with Crippen LogP contribution in [0.5, 0.6) is 0 Å². The minimum atomic E-state index is -0.753. The van der Waals surface area contributed by atoms with Crippen LogP contribution in [0, 0.1) is 0 Å². The van der Waals surface area contributed by atoms with E-state index in [1.165, 1.54) is 5.39 Å². The van der Waals surface area contributed by atoms with E-state index in [2.05, 4.69) is 39.3 Å². The van der Waals surface area contributed by atoms with Crippen LogP contribution in [0.25, 0.3) is 22.2 Å². The van der Waals surface area contributed by atoms with E-state index in [0.29, 0.717) is 18.1 Å². The van der Waals surface area contributed by atoms with Crippen LogP contribution < -0.4 is 0 Å². The molecule has 0 bridgehead atoms. The van der Waals surface area contributed by atoms with Crippen molar-refractivity contribution in [3.63, 3.8) is 0 Å². The molecule has 0 saturated carbocycles. The van der Waals surface area contributed by atoms with E-state index in [1.807, 2.05) is 18.2 Å². The van der Waals surface area contributed by atoms with E-state index < -0.39 is 5.97 Å². The molecule has 134 valence electrons. The van der Waals surface area contributed by atoms with Crippen molar-refractivity contribution in [2.24, 2.45) is 0 Å². The Morgan fingerprint density at radius 1 is 1.23 bits per heavy atom. The highest BCUT2D eigenvalue weighted by Gasteiger charge is 2.30. The lowest BCUT2D eigenvalue weighted by Crippen LogP contribution is -2.25. The molecule has 1 fully saturated rings. The van der Waals surface area contributed by atoms with Crippen LogP contribution in [0.3, 0.4) is 0 Å². The highest BCUT2D eigenvalue weighted by Crippen LogP contribution is 2.32. The zero-order valence-electron chi connectivity index (χ0n) is 14.5. The number of benzene rings is 2. The fraction of sp³-hybridized carbons (Fsp3) is 0.350. The first-order chi connectivity index (χ1) is 12.7. The molecule has 26 heavy (non-hydrogen) atoms. The Labute approximate surface area is 151 Å².